The molecule has 1 aromatic heterocycles. The van der Waals surface area contributed by atoms with E-state index in [-0.39, 0.29) is 10.7 Å². The Labute approximate surface area is 113 Å². The zero-order chi connectivity index (χ0) is 13.3. The topological polar surface area (TPSA) is 101 Å². The first-order valence-electron chi connectivity index (χ1n) is 4.98. The SMILES string of the molecule is Cc1ccc(Br)cc1NS(=O)(=O)c1cn[nH]c1N. The highest BCUT2D eigenvalue weighted by Crippen LogP contribution is 2.24. The smallest absolute Gasteiger partial charge is 0.267 e. The van der Waals surface area contributed by atoms with Crippen molar-refractivity contribution >= 4 is 37.5 Å². The number of nitrogen functional groups attached to an aromatic ring is 1. The molecule has 18 heavy (non-hydrogen) atoms. The second-order valence-corrected chi connectivity index (χ2v) is 6.28. The maximum absolute atomic E-state index is 12.1. The molecule has 6 nitrogen and oxygen atoms in total. The summed E-state index contributed by atoms with van der Waals surface area (Å²) in [5.74, 6) is 0.00940. The first kappa shape index (κ1) is 12.9. The monoisotopic (exact) mass is 330 g/mol. The molecule has 1 aromatic carbocycles. The van der Waals surface area contributed by atoms with Crippen LogP contribution in [0.5, 0.6) is 0 Å². The first-order valence-corrected chi connectivity index (χ1v) is 7.25. The third kappa shape index (κ3) is 2.49. The molecule has 2 rings (SSSR count). The van der Waals surface area contributed by atoms with E-state index >= 15 is 0 Å². The highest BCUT2D eigenvalue weighted by molar-refractivity contribution is 9.10. The van der Waals surface area contributed by atoms with Crippen LogP contribution in [0.15, 0.2) is 33.8 Å². The number of nitrogens with zero attached hydrogens (tertiary/aromatic N) is 1. The second-order valence-electron chi connectivity index (χ2n) is 3.71. The highest BCUT2D eigenvalue weighted by atomic mass is 79.9. The molecule has 0 saturated heterocycles. The lowest BCUT2D eigenvalue weighted by molar-refractivity contribution is 0.601. The normalized spacial score (nSPS) is 11.4. The number of aryl methyl sites for hydroxylation is 1. The summed E-state index contributed by atoms with van der Waals surface area (Å²) in [4.78, 5) is -0.0677. The maximum Gasteiger partial charge on any atom is 0.267 e. The number of nitrogens with two attached hydrogens (primary N) is 1. The molecule has 0 fully saturated rings. The van der Waals surface area contributed by atoms with Crippen LogP contribution in [0.3, 0.4) is 0 Å². The fraction of sp³-hybridized carbons (Fsp3) is 0.100. The number of H-pyrrole nitrogens is 1. The number of aromatic amines is 1. The number of rotatable bonds is 3. The van der Waals surface area contributed by atoms with Gasteiger partial charge in [0.2, 0.25) is 0 Å². The molecule has 96 valence electrons. The quantitative estimate of drug-likeness (QED) is 0.799. The van der Waals surface area contributed by atoms with E-state index in [0.29, 0.717) is 5.69 Å². The van der Waals surface area contributed by atoms with E-state index in [1.165, 1.54) is 6.20 Å². The van der Waals surface area contributed by atoms with E-state index < -0.39 is 10.0 Å². The van der Waals surface area contributed by atoms with Crippen LogP contribution >= 0.6 is 15.9 Å². The minimum Gasteiger partial charge on any atom is -0.383 e. The van der Waals surface area contributed by atoms with Crippen molar-refractivity contribution in [1.82, 2.24) is 10.2 Å². The van der Waals surface area contributed by atoms with Gasteiger partial charge in [-0.15, -0.1) is 0 Å². The van der Waals surface area contributed by atoms with Gasteiger partial charge in [-0.2, -0.15) is 5.10 Å². The summed E-state index contributed by atoms with van der Waals surface area (Å²) in [5.41, 5.74) is 6.80. The Morgan fingerprint density at radius 3 is 2.78 bits per heavy atom. The van der Waals surface area contributed by atoms with Gasteiger partial charge in [-0.05, 0) is 24.6 Å². The van der Waals surface area contributed by atoms with Gasteiger partial charge in [-0.3, -0.25) is 9.82 Å². The number of nitrogens with one attached hydrogen (secondary N) is 2. The largest absolute Gasteiger partial charge is 0.383 e. The predicted molar refractivity (Wildman–Crippen MR) is 72.7 cm³/mol. The fourth-order valence-corrected chi connectivity index (χ4v) is 2.91. The van der Waals surface area contributed by atoms with Gasteiger partial charge in [0.15, 0.2) is 0 Å². The van der Waals surface area contributed by atoms with Crippen molar-refractivity contribution in [2.75, 3.05) is 10.5 Å². The number of benzene rings is 1. The van der Waals surface area contributed by atoms with E-state index in [0.717, 1.165) is 10.0 Å². The molecule has 4 N–H and O–H groups in total. The van der Waals surface area contributed by atoms with Crippen LogP contribution in [0.1, 0.15) is 5.56 Å². The molecular formula is C10H11BrN4O2S. The summed E-state index contributed by atoms with van der Waals surface area (Å²) in [5, 5.41) is 5.98. The minimum absolute atomic E-state index is 0.00940. The van der Waals surface area contributed by atoms with Gasteiger partial charge < -0.3 is 5.73 Å². The van der Waals surface area contributed by atoms with Gasteiger partial charge in [-0.25, -0.2) is 8.42 Å². The number of halogens is 1. The van der Waals surface area contributed by atoms with Gasteiger partial charge in [-0.1, -0.05) is 22.0 Å². The van der Waals surface area contributed by atoms with E-state index in [1.807, 2.05) is 13.0 Å². The fourth-order valence-electron chi connectivity index (χ4n) is 1.40. The zero-order valence-electron chi connectivity index (χ0n) is 9.44. The van der Waals surface area contributed by atoms with E-state index in [4.69, 9.17) is 5.73 Å². The van der Waals surface area contributed by atoms with Crippen LogP contribution in [0, 0.1) is 6.92 Å². The van der Waals surface area contributed by atoms with Crippen molar-refractivity contribution < 1.29 is 8.42 Å². The number of sulfonamides is 1. The summed E-state index contributed by atoms with van der Waals surface area (Å²) in [6.07, 6.45) is 1.17. The van der Waals surface area contributed by atoms with Crippen LogP contribution in [-0.2, 0) is 10.0 Å². The Bertz CT molecular complexity index is 681. The summed E-state index contributed by atoms with van der Waals surface area (Å²) in [7, 11) is -3.73. The molecular weight excluding hydrogens is 320 g/mol. The average Bonchev–Trinajstić information content (AvgIpc) is 2.70. The number of anilines is 2. The molecule has 2 aromatic rings. The van der Waals surface area contributed by atoms with Gasteiger partial charge in [0, 0.05) is 4.47 Å². The number of aromatic nitrogens is 2. The lowest BCUT2D eigenvalue weighted by atomic mass is 10.2. The minimum atomic E-state index is -3.73. The van der Waals surface area contributed by atoms with Crippen molar-refractivity contribution in [3.05, 3.63) is 34.4 Å². The third-order valence-electron chi connectivity index (χ3n) is 2.37. The summed E-state index contributed by atoms with van der Waals surface area (Å²) in [6.45, 7) is 1.81. The molecule has 0 aliphatic rings. The van der Waals surface area contributed by atoms with Gasteiger partial charge in [0.05, 0.1) is 11.9 Å². The first-order chi connectivity index (χ1) is 8.40. The van der Waals surface area contributed by atoms with Crippen LogP contribution in [0.2, 0.25) is 0 Å². The van der Waals surface area contributed by atoms with Crippen LogP contribution in [0.25, 0.3) is 0 Å². The third-order valence-corrected chi connectivity index (χ3v) is 4.25. The molecule has 0 amide bonds. The molecule has 0 radical (unpaired) electrons. The van der Waals surface area contributed by atoms with Crippen LogP contribution in [0.4, 0.5) is 11.5 Å². The Morgan fingerprint density at radius 1 is 1.44 bits per heavy atom. The highest BCUT2D eigenvalue weighted by Gasteiger charge is 2.20. The van der Waals surface area contributed by atoms with Gasteiger partial charge in [0.25, 0.3) is 10.0 Å². The molecule has 8 heteroatoms. The molecule has 0 spiro atoms. The van der Waals surface area contributed by atoms with Crippen molar-refractivity contribution in [1.29, 1.82) is 0 Å². The second kappa shape index (κ2) is 4.62. The summed E-state index contributed by atoms with van der Waals surface area (Å²) < 4.78 is 27.4. The molecule has 0 aliphatic carbocycles. The standard InChI is InChI=1S/C10H11BrN4O2S/c1-6-2-3-7(11)4-8(6)15-18(16,17)9-5-13-14-10(9)12/h2-5,15H,1H3,(H3,12,13,14). The predicted octanol–water partition coefficient (Wildman–Crippen LogP) is 1.86. The number of hydrogen-bond donors (Lipinski definition) is 3. The molecule has 0 unspecified atom stereocenters. The molecule has 0 atom stereocenters. The lowest BCUT2D eigenvalue weighted by Crippen LogP contribution is -2.14. The van der Waals surface area contributed by atoms with Gasteiger partial charge in [0.1, 0.15) is 10.7 Å². The summed E-state index contributed by atoms with van der Waals surface area (Å²) in [6, 6.07) is 5.32. The van der Waals surface area contributed by atoms with E-state index in [9.17, 15) is 8.42 Å². The Hall–Kier alpha value is -1.54. The molecule has 1 heterocycles. The number of hydrogen-bond acceptors (Lipinski definition) is 4. The molecule has 0 aliphatic heterocycles. The Kier molecular flexibility index (Phi) is 3.31. The van der Waals surface area contributed by atoms with Crippen molar-refractivity contribution in [3.8, 4) is 0 Å². The zero-order valence-corrected chi connectivity index (χ0v) is 11.8. The van der Waals surface area contributed by atoms with E-state index in [1.54, 1.807) is 12.1 Å². The molecule has 0 saturated carbocycles. The van der Waals surface area contributed by atoms with Crippen molar-refractivity contribution in [3.63, 3.8) is 0 Å². The lowest BCUT2D eigenvalue weighted by Gasteiger charge is -2.10. The summed E-state index contributed by atoms with van der Waals surface area (Å²) >= 11 is 3.29. The Morgan fingerprint density at radius 2 is 2.17 bits per heavy atom. The Balaban J connectivity index is 2.40. The van der Waals surface area contributed by atoms with Crippen LogP contribution < -0.4 is 10.5 Å². The maximum atomic E-state index is 12.1. The van der Waals surface area contributed by atoms with Crippen LogP contribution in [-0.4, -0.2) is 18.6 Å². The van der Waals surface area contributed by atoms with Gasteiger partial charge >= 0.3 is 0 Å². The molecule has 0 bridgehead atoms. The van der Waals surface area contributed by atoms with Crippen molar-refractivity contribution in [2.45, 2.75) is 11.8 Å². The van der Waals surface area contributed by atoms with E-state index in [2.05, 4.69) is 30.8 Å². The average molecular weight is 331 g/mol. The van der Waals surface area contributed by atoms with Crippen molar-refractivity contribution in [2.24, 2.45) is 0 Å².